The molecule has 484 valence electrons. The molecule has 0 aliphatic heterocycles. The number of rotatable bonds is 32. The van der Waals surface area contributed by atoms with Crippen molar-refractivity contribution in [2.75, 3.05) is 13.2 Å². The molecule has 0 fully saturated rings. The number of hydrogen-bond donors (Lipinski definition) is 1. The topological polar surface area (TPSA) is 57.2 Å². The number of ether oxygens (including phenoxy) is 1. The normalized spacial score (nSPS) is 17.2. The molecule has 3 aromatic carbocycles. The van der Waals surface area contributed by atoms with Crippen LogP contribution < -0.4 is 0 Å². The maximum atomic E-state index is 16.0. The van der Waals surface area contributed by atoms with Crippen LogP contribution in [0.5, 0.6) is 0 Å². The Bertz CT molecular complexity index is 2450. The van der Waals surface area contributed by atoms with Gasteiger partial charge in [0.05, 0.1) is 24.9 Å². The molecule has 1 N–H and O–H groups in total. The summed E-state index contributed by atoms with van der Waals surface area (Å²) < 4.78 is 218. The minimum absolute atomic E-state index is 0.0213. The lowest BCUT2D eigenvalue weighted by Gasteiger charge is -2.46. The summed E-state index contributed by atoms with van der Waals surface area (Å²) in [6, 6.07) is 27.5. The van der Waals surface area contributed by atoms with E-state index in [9.17, 15) is 35.8 Å². The van der Waals surface area contributed by atoms with Gasteiger partial charge in [-0.25, -0.2) is 0 Å². The van der Waals surface area contributed by atoms with Crippen molar-refractivity contribution >= 4 is 25.0 Å². The third kappa shape index (κ3) is 17.1. The zero-order chi connectivity index (χ0) is 65.4. The summed E-state index contributed by atoms with van der Waals surface area (Å²) in [6.07, 6.45) is -4.02. The van der Waals surface area contributed by atoms with E-state index in [2.05, 4.69) is 40.8 Å². The third-order valence-corrected chi connectivity index (χ3v) is 32.5. The van der Waals surface area contributed by atoms with Crippen LogP contribution in [0.3, 0.4) is 0 Å². The first-order valence-electron chi connectivity index (χ1n) is 29.3. The van der Waals surface area contributed by atoms with Crippen molar-refractivity contribution in [1.82, 2.24) is 0 Å². The zero-order valence-electron chi connectivity index (χ0n) is 52.9. The predicted octanol–water partition coefficient (Wildman–Crippen LogP) is 20.5. The smallest absolute Gasteiger partial charge is 0.413 e. The molecule has 7 atom stereocenters. The lowest BCUT2D eigenvalue weighted by atomic mass is 9.80. The molecule has 85 heavy (non-hydrogen) atoms. The number of halogens is 13. The van der Waals surface area contributed by atoms with Crippen LogP contribution in [0.25, 0.3) is 0 Å². The van der Waals surface area contributed by atoms with Crippen LogP contribution in [0, 0.1) is 23.7 Å². The van der Waals surface area contributed by atoms with Crippen LogP contribution in [-0.4, -0.2) is 97.4 Å². The highest BCUT2D eigenvalue weighted by atomic mass is 28.4. The zero-order valence-corrected chi connectivity index (χ0v) is 55.9. The summed E-state index contributed by atoms with van der Waals surface area (Å²) >= 11 is 0. The Hall–Kier alpha value is -3.32. The first-order chi connectivity index (χ1) is 38.6. The summed E-state index contributed by atoms with van der Waals surface area (Å²) in [4.78, 5) is 0. The SMILES string of the molecule is CC(C)[Si](CCC(F)(F)C(F)(F)C(F)(F)C(F)(F)C(F)(F)C(F)(F)F)(O[C@@H](C[C@@H](C=C[C@H](C)[C@H](O[Si](C)(C)C(C)(C)C)[C@@H](C)C[C@@H](C)CO)O[Si](C)(C)C(C)(C)C)[C@@H](C)/C=C/COC(c1ccccc1)(c1ccccc1)c1ccccc1)C(C)C. The number of alkyl halides is 13. The Kier molecular flexibility index (Phi) is 25.6. The van der Waals surface area contributed by atoms with Crippen molar-refractivity contribution in [3.63, 3.8) is 0 Å². The summed E-state index contributed by atoms with van der Waals surface area (Å²) in [5.74, 6) is -38.5. The second-order valence-electron chi connectivity index (χ2n) is 27.0. The fourth-order valence-corrected chi connectivity index (χ4v) is 17.8. The number of benzene rings is 3. The average molecular weight is 1280 g/mol. The minimum Gasteiger partial charge on any atom is -0.413 e. The van der Waals surface area contributed by atoms with Gasteiger partial charge in [-0.2, -0.15) is 57.1 Å². The van der Waals surface area contributed by atoms with Crippen LogP contribution >= 0.6 is 0 Å². The van der Waals surface area contributed by atoms with Crippen LogP contribution in [0.2, 0.25) is 53.4 Å². The molecule has 0 saturated heterocycles. The van der Waals surface area contributed by atoms with Crippen molar-refractivity contribution in [3.05, 3.63) is 132 Å². The van der Waals surface area contributed by atoms with Crippen LogP contribution in [0.15, 0.2) is 115 Å². The van der Waals surface area contributed by atoms with Crippen molar-refractivity contribution in [2.45, 2.75) is 229 Å². The van der Waals surface area contributed by atoms with Gasteiger partial charge in [0.1, 0.15) is 5.60 Å². The highest BCUT2D eigenvalue weighted by Gasteiger charge is 2.90. The van der Waals surface area contributed by atoms with Gasteiger partial charge in [0, 0.05) is 19.4 Å². The molecule has 0 aliphatic rings. The van der Waals surface area contributed by atoms with E-state index in [1.54, 1.807) is 46.8 Å². The lowest BCUT2D eigenvalue weighted by Crippen LogP contribution is -2.70. The maximum Gasteiger partial charge on any atom is 0.460 e. The Morgan fingerprint density at radius 3 is 1.29 bits per heavy atom. The minimum atomic E-state index is -8.01. The van der Waals surface area contributed by atoms with Crippen molar-refractivity contribution in [3.8, 4) is 0 Å². The van der Waals surface area contributed by atoms with Crippen LogP contribution in [0.4, 0.5) is 57.1 Å². The molecular formula is C64H95F13O5Si3. The van der Waals surface area contributed by atoms with Gasteiger partial charge in [-0.1, -0.05) is 212 Å². The van der Waals surface area contributed by atoms with E-state index in [1.807, 2.05) is 151 Å². The van der Waals surface area contributed by atoms with E-state index in [0.29, 0.717) is 6.42 Å². The average Bonchev–Trinajstić information content (AvgIpc) is 1.14. The van der Waals surface area contributed by atoms with Gasteiger partial charge in [-0.3, -0.25) is 0 Å². The van der Waals surface area contributed by atoms with E-state index in [0.717, 1.165) is 16.7 Å². The van der Waals surface area contributed by atoms with E-state index in [1.165, 1.54) is 0 Å². The lowest BCUT2D eigenvalue weighted by molar-refractivity contribution is -0.440. The van der Waals surface area contributed by atoms with Crippen molar-refractivity contribution < 1.29 is 80.2 Å². The quantitative estimate of drug-likeness (QED) is 0.0292. The third-order valence-electron chi connectivity index (χ3n) is 17.9. The molecule has 0 spiro atoms. The molecule has 0 radical (unpaired) electrons. The Morgan fingerprint density at radius 1 is 0.494 bits per heavy atom. The molecule has 21 heteroatoms. The summed E-state index contributed by atoms with van der Waals surface area (Å²) in [6.45, 7) is 34.8. The monoisotopic (exact) mass is 1270 g/mol. The largest absolute Gasteiger partial charge is 0.460 e. The van der Waals surface area contributed by atoms with E-state index in [4.69, 9.17) is 18.0 Å². The van der Waals surface area contributed by atoms with Crippen molar-refractivity contribution in [1.29, 1.82) is 0 Å². The summed E-state index contributed by atoms with van der Waals surface area (Å²) in [7, 11) is -9.40. The Balaban J connectivity index is 2.36. The molecule has 0 aromatic heterocycles. The highest BCUT2D eigenvalue weighted by molar-refractivity contribution is 6.76. The molecule has 0 saturated carbocycles. The molecule has 0 amide bonds. The molecule has 5 nitrogen and oxygen atoms in total. The van der Waals surface area contributed by atoms with E-state index in [-0.39, 0.29) is 53.6 Å². The molecule has 0 bridgehead atoms. The van der Waals surface area contributed by atoms with E-state index < -0.39 is 108 Å². The molecule has 3 rings (SSSR count). The van der Waals surface area contributed by atoms with Gasteiger partial charge in [0.25, 0.3) is 0 Å². The van der Waals surface area contributed by atoms with Crippen LogP contribution in [0.1, 0.15) is 133 Å². The number of hydrogen-bond acceptors (Lipinski definition) is 5. The van der Waals surface area contributed by atoms with E-state index >= 15 is 26.3 Å². The Labute approximate surface area is 501 Å². The maximum absolute atomic E-state index is 16.0. The van der Waals surface area contributed by atoms with Crippen LogP contribution in [-0.2, 0) is 23.6 Å². The Morgan fingerprint density at radius 2 is 0.906 bits per heavy atom. The number of aliphatic hydroxyl groups excluding tert-OH is 1. The molecule has 0 aliphatic carbocycles. The van der Waals surface area contributed by atoms with Gasteiger partial charge in [0.2, 0.25) is 0 Å². The molecule has 3 aromatic rings. The summed E-state index contributed by atoms with van der Waals surface area (Å²) in [5.41, 5.74) is -0.379. The summed E-state index contributed by atoms with van der Waals surface area (Å²) in [5, 5.41) is 9.54. The van der Waals surface area contributed by atoms with Gasteiger partial charge >= 0.3 is 35.8 Å². The highest BCUT2D eigenvalue weighted by Crippen LogP contribution is 2.61. The van der Waals surface area contributed by atoms with Gasteiger partial charge in [0.15, 0.2) is 25.0 Å². The molecule has 0 unspecified atom stereocenters. The standard InChI is InChI=1S/C64H95F13O5Si3/c1-44(2)85(45(3)4,40-38-58(65,66)60(67,68)61(69,70)62(71,72)63(73,74)64(75,76)77)81-54(47(6)29-28-39-79-59(50-30-22-19-23-31-50,51-32-24-20-25-33-51)52-34-26-21-27-35-52)42-53(80-83(15,16)56(9,10)11)37-36-48(7)55(49(8)41-46(5)43-78)82-84(17,18)57(12,13)14/h19-37,44-49,53-55,78H,38-43H2,1-18H3/b29-28+,37-36?/t46-,47+,48+,49+,53-,54+,55+/m1/s1. The van der Waals surface area contributed by atoms with Crippen molar-refractivity contribution in [2.24, 2.45) is 23.7 Å². The first kappa shape index (κ1) is 75.9. The predicted molar refractivity (Wildman–Crippen MR) is 322 cm³/mol. The van der Waals surface area contributed by atoms with Gasteiger partial charge in [-0.05, 0) is 100 Å². The van der Waals surface area contributed by atoms with Gasteiger partial charge < -0.3 is 23.1 Å². The first-order valence-corrected chi connectivity index (χ1v) is 37.4. The fourth-order valence-electron chi connectivity index (χ4n) is 10.3. The van der Waals surface area contributed by atoms with Gasteiger partial charge in [-0.15, -0.1) is 0 Å². The molecule has 0 heterocycles. The fraction of sp³-hybridized carbons (Fsp3) is 0.656. The second kappa shape index (κ2) is 28.7. The second-order valence-corrected chi connectivity index (χ2v) is 41.5. The molecular weight excluding hydrogens is 1180 g/mol. The number of aliphatic hydroxyl groups is 1.